The van der Waals surface area contributed by atoms with E-state index in [0.29, 0.717) is 34.9 Å². The van der Waals surface area contributed by atoms with Gasteiger partial charge in [0.2, 0.25) is 5.82 Å². The Morgan fingerprint density at radius 1 is 1.07 bits per heavy atom. The molecule has 0 bridgehead atoms. The first-order chi connectivity index (χ1) is 19.9. The van der Waals surface area contributed by atoms with Gasteiger partial charge in [0.15, 0.2) is 0 Å². The van der Waals surface area contributed by atoms with Gasteiger partial charge in [0.05, 0.1) is 5.39 Å². The molecule has 10 heteroatoms. The third-order valence-electron chi connectivity index (χ3n) is 8.38. The number of carbonyl (C=O) groups is 1. The number of anilines is 2. The first kappa shape index (κ1) is 25.4. The van der Waals surface area contributed by atoms with Crippen LogP contribution in [0.15, 0.2) is 62.9 Å². The third-order valence-corrected chi connectivity index (χ3v) is 9.53. The number of nitrogen functional groups attached to an aromatic ring is 1. The van der Waals surface area contributed by atoms with Crippen molar-refractivity contribution in [2.24, 2.45) is 0 Å². The predicted octanol–water partition coefficient (Wildman–Crippen LogP) is 2.93. The lowest BCUT2D eigenvalue weighted by Crippen LogP contribution is -2.44. The lowest BCUT2D eigenvalue weighted by molar-refractivity contribution is 0.0940. The first-order valence-electron chi connectivity index (χ1n) is 13.7. The molecule has 5 aromatic rings. The van der Waals surface area contributed by atoms with Gasteiger partial charge in [-0.15, -0.1) is 11.3 Å². The number of benzene rings is 2. The number of amides is 1. The molecule has 3 heterocycles. The molecule has 2 aromatic heterocycles. The Morgan fingerprint density at radius 2 is 1.90 bits per heavy atom. The summed E-state index contributed by atoms with van der Waals surface area (Å²) in [5.74, 6) is -0.0399. The highest BCUT2D eigenvalue weighted by molar-refractivity contribution is 7.18. The zero-order valence-electron chi connectivity index (χ0n) is 22.2. The summed E-state index contributed by atoms with van der Waals surface area (Å²) in [7, 11) is 0. The number of carbonyl (C=O) groups excluding carboxylic acids is 1. The van der Waals surface area contributed by atoms with Crippen molar-refractivity contribution in [3.8, 4) is 0 Å². The minimum Gasteiger partial charge on any atom is -0.394 e. The molecule has 0 saturated heterocycles. The minimum atomic E-state index is -0.619. The monoisotopic (exact) mass is 565 g/mol. The van der Waals surface area contributed by atoms with Crippen LogP contribution < -0.4 is 32.4 Å². The lowest BCUT2D eigenvalue weighted by Gasteiger charge is -2.32. The van der Waals surface area contributed by atoms with Crippen LogP contribution in [-0.2, 0) is 32.4 Å². The summed E-state index contributed by atoms with van der Waals surface area (Å²) in [6, 6.07) is 16.4. The van der Waals surface area contributed by atoms with Crippen molar-refractivity contribution in [2.75, 3.05) is 17.2 Å². The van der Waals surface area contributed by atoms with Crippen LogP contribution in [0.4, 0.5) is 11.4 Å². The predicted molar refractivity (Wildman–Crippen MR) is 160 cm³/mol. The van der Waals surface area contributed by atoms with Crippen molar-refractivity contribution in [1.82, 2.24) is 15.3 Å². The molecule has 1 aliphatic heterocycles. The molecule has 1 atom stereocenters. The maximum Gasteiger partial charge on any atom is 0.287 e. The highest BCUT2D eigenvalue weighted by Gasteiger charge is 2.28. The molecule has 1 amide bonds. The lowest BCUT2D eigenvalue weighted by atomic mass is 9.83. The number of nitrogens with one attached hydrogen (secondary N) is 2. The molecule has 2 aliphatic rings. The van der Waals surface area contributed by atoms with E-state index >= 15 is 0 Å². The van der Waals surface area contributed by atoms with Gasteiger partial charge in [-0.25, -0.2) is 4.98 Å². The summed E-state index contributed by atoms with van der Waals surface area (Å²) in [4.78, 5) is 60.5. The summed E-state index contributed by atoms with van der Waals surface area (Å²) >= 11 is 1.51. The number of rotatable bonds is 5. The highest BCUT2D eigenvalue weighted by Crippen LogP contribution is 2.39. The van der Waals surface area contributed by atoms with E-state index in [-0.39, 0.29) is 23.6 Å². The van der Waals surface area contributed by atoms with E-state index in [9.17, 15) is 19.2 Å². The van der Waals surface area contributed by atoms with Gasteiger partial charge < -0.3 is 20.9 Å². The van der Waals surface area contributed by atoms with Gasteiger partial charge in [-0.2, -0.15) is 0 Å². The van der Waals surface area contributed by atoms with Crippen molar-refractivity contribution in [3.63, 3.8) is 0 Å². The second-order valence-electron chi connectivity index (χ2n) is 10.8. The molecular weight excluding hydrogens is 538 g/mol. The Labute approximate surface area is 238 Å². The van der Waals surface area contributed by atoms with Crippen LogP contribution in [0.2, 0.25) is 0 Å². The largest absolute Gasteiger partial charge is 0.394 e. The fourth-order valence-electron chi connectivity index (χ4n) is 6.19. The Bertz CT molecular complexity index is 1970. The molecule has 1 unspecified atom stereocenters. The molecular formula is C31H27N5O4S. The normalized spacial score (nSPS) is 16.5. The minimum absolute atomic E-state index is 0.000386. The standard InChI is InChI=1S/C31H27N5O4S/c32-24-25(27(38)26(24)37)36-11-10-18-7-6-16(12-20(18)15-36)14-33-30(40)28-34-29(39)23-21-9-8-19(17-4-2-1-3-5-17)13-22(21)41-31(23)35-28/h1-7,12,19H,8-11,13-15,32H2,(H,33,40)(H,34,35,39). The zero-order valence-corrected chi connectivity index (χ0v) is 23.0. The molecule has 0 radical (unpaired) electrons. The van der Waals surface area contributed by atoms with Crippen molar-refractivity contribution >= 4 is 38.8 Å². The van der Waals surface area contributed by atoms with E-state index in [0.717, 1.165) is 47.9 Å². The van der Waals surface area contributed by atoms with E-state index in [2.05, 4.69) is 39.6 Å². The number of thiophene rings is 1. The highest BCUT2D eigenvalue weighted by atomic mass is 32.1. The smallest absolute Gasteiger partial charge is 0.287 e. The second-order valence-corrected chi connectivity index (χ2v) is 11.9. The van der Waals surface area contributed by atoms with E-state index in [1.165, 1.54) is 21.8 Å². The quantitative estimate of drug-likeness (QED) is 0.279. The van der Waals surface area contributed by atoms with Crippen molar-refractivity contribution in [3.05, 3.63) is 118 Å². The number of aryl methyl sites for hydroxylation is 1. The number of aromatic nitrogens is 2. The Balaban J connectivity index is 1.07. The Kier molecular flexibility index (Phi) is 6.08. The molecule has 4 N–H and O–H groups in total. The van der Waals surface area contributed by atoms with Crippen LogP contribution in [0, 0.1) is 0 Å². The molecule has 9 nitrogen and oxygen atoms in total. The van der Waals surface area contributed by atoms with Gasteiger partial charge in [0, 0.05) is 24.5 Å². The van der Waals surface area contributed by atoms with Crippen LogP contribution in [-0.4, -0.2) is 22.4 Å². The van der Waals surface area contributed by atoms with Crippen LogP contribution in [0.5, 0.6) is 0 Å². The molecule has 1 aliphatic carbocycles. The number of nitrogens with zero attached hydrogens (tertiary/aromatic N) is 2. The second kappa shape index (κ2) is 9.81. The molecule has 7 rings (SSSR count). The number of H-pyrrole nitrogens is 1. The van der Waals surface area contributed by atoms with E-state index in [1.54, 1.807) is 0 Å². The van der Waals surface area contributed by atoms with Gasteiger partial charge >= 0.3 is 0 Å². The first-order valence-corrected chi connectivity index (χ1v) is 14.5. The van der Waals surface area contributed by atoms with E-state index < -0.39 is 16.8 Å². The Hall–Kier alpha value is -4.57. The average molecular weight is 566 g/mol. The fourth-order valence-corrected chi connectivity index (χ4v) is 7.49. The number of hydrogen-bond donors (Lipinski definition) is 3. The molecule has 0 spiro atoms. The van der Waals surface area contributed by atoms with Crippen molar-refractivity contribution in [2.45, 2.75) is 44.7 Å². The molecule has 3 aromatic carbocycles. The fraction of sp³-hybridized carbons (Fsp3) is 0.258. The molecule has 206 valence electrons. The molecule has 0 fully saturated rings. The number of nitrogens with two attached hydrogens (primary N) is 1. The maximum absolute atomic E-state index is 13.1. The van der Waals surface area contributed by atoms with Crippen molar-refractivity contribution in [1.29, 1.82) is 0 Å². The molecule has 41 heavy (non-hydrogen) atoms. The Morgan fingerprint density at radius 3 is 2.71 bits per heavy atom. The van der Waals surface area contributed by atoms with Crippen LogP contribution in [0.1, 0.15) is 55.7 Å². The topological polar surface area (TPSA) is 138 Å². The van der Waals surface area contributed by atoms with E-state index in [4.69, 9.17) is 5.73 Å². The van der Waals surface area contributed by atoms with Gasteiger partial charge in [-0.3, -0.25) is 19.2 Å². The van der Waals surface area contributed by atoms with Gasteiger partial charge in [-0.1, -0.05) is 48.5 Å². The number of aromatic amines is 1. The summed E-state index contributed by atoms with van der Waals surface area (Å²) < 4.78 is 0. The van der Waals surface area contributed by atoms with Crippen molar-refractivity contribution < 1.29 is 4.79 Å². The van der Waals surface area contributed by atoms with Gasteiger partial charge in [0.25, 0.3) is 22.3 Å². The zero-order chi connectivity index (χ0) is 28.2. The number of fused-ring (bicyclic) bond motifs is 4. The van der Waals surface area contributed by atoms with Crippen LogP contribution in [0.3, 0.4) is 0 Å². The van der Waals surface area contributed by atoms with E-state index in [1.807, 2.05) is 29.2 Å². The summed E-state index contributed by atoms with van der Waals surface area (Å²) in [5, 5.41) is 3.48. The SMILES string of the molecule is Nc1c(N2CCc3ccc(CNC(=O)c4nc5sc6c(c5c(=O)[nH]4)CCC(c4ccccc4)C6)cc3C2)c(=O)c1=O. The van der Waals surface area contributed by atoms with Gasteiger partial charge in [0.1, 0.15) is 16.2 Å². The summed E-state index contributed by atoms with van der Waals surface area (Å²) in [5.41, 5.74) is 10.1. The number of hydrogen-bond acceptors (Lipinski definition) is 8. The summed E-state index contributed by atoms with van der Waals surface area (Å²) in [6.45, 7) is 1.32. The third kappa shape index (κ3) is 4.35. The average Bonchev–Trinajstić information content (AvgIpc) is 3.38. The van der Waals surface area contributed by atoms with Crippen LogP contribution >= 0.6 is 11.3 Å². The molecule has 0 saturated carbocycles. The van der Waals surface area contributed by atoms with Gasteiger partial charge in [-0.05, 0) is 59.4 Å². The summed E-state index contributed by atoms with van der Waals surface area (Å²) in [6.07, 6.45) is 3.38. The van der Waals surface area contributed by atoms with Crippen LogP contribution in [0.25, 0.3) is 10.2 Å². The maximum atomic E-state index is 13.1.